The molecular formula is C45H82N2O7P+. The molecule has 0 rings (SSSR count). The topological polar surface area (TPSA) is 125 Å². The van der Waals surface area contributed by atoms with Crippen molar-refractivity contribution in [3.63, 3.8) is 0 Å². The van der Waals surface area contributed by atoms with Gasteiger partial charge >= 0.3 is 7.82 Å². The number of phosphoric acid groups is 1. The number of unbranched alkanes of at least 4 members (excludes halogenated alkanes) is 12. The molecule has 0 aromatic heterocycles. The van der Waals surface area contributed by atoms with Crippen LogP contribution >= 0.6 is 7.82 Å². The van der Waals surface area contributed by atoms with Crippen molar-refractivity contribution >= 4 is 13.7 Å². The van der Waals surface area contributed by atoms with Crippen molar-refractivity contribution < 1.29 is 38.0 Å². The number of nitrogens with one attached hydrogen (secondary N) is 1. The van der Waals surface area contributed by atoms with Crippen molar-refractivity contribution in [1.82, 2.24) is 5.32 Å². The molecule has 2 unspecified atom stereocenters. The van der Waals surface area contributed by atoms with Crippen molar-refractivity contribution in [2.45, 2.75) is 167 Å². The number of quaternary nitrogens is 1. The minimum Gasteiger partial charge on any atom is -0.391 e. The number of aliphatic hydroxyl groups is 2. The summed E-state index contributed by atoms with van der Waals surface area (Å²) in [5.74, 6) is -0.244. The van der Waals surface area contributed by atoms with E-state index in [0.717, 1.165) is 44.9 Å². The minimum atomic E-state index is -4.34. The highest BCUT2D eigenvalue weighted by molar-refractivity contribution is 7.47. The number of phosphoric ester groups is 1. The van der Waals surface area contributed by atoms with Gasteiger partial charge in [0, 0.05) is 6.42 Å². The van der Waals surface area contributed by atoms with Gasteiger partial charge in [-0.15, -0.1) is 0 Å². The van der Waals surface area contributed by atoms with Crippen LogP contribution in [0.1, 0.15) is 149 Å². The van der Waals surface area contributed by atoms with Gasteiger partial charge in [0.05, 0.1) is 46.0 Å². The van der Waals surface area contributed by atoms with Crippen LogP contribution in [0.15, 0.2) is 72.9 Å². The number of nitrogens with zero attached hydrogens (tertiary/aromatic N) is 1. The molecule has 0 saturated heterocycles. The van der Waals surface area contributed by atoms with Crippen molar-refractivity contribution in [2.75, 3.05) is 40.9 Å². The molecule has 0 heterocycles. The second-order valence-electron chi connectivity index (χ2n) is 15.5. The number of carbonyl (C=O) groups excluding carboxylic acids is 1. The number of aliphatic hydroxyl groups excluding tert-OH is 2. The van der Waals surface area contributed by atoms with E-state index < -0.39 is 26.1 Å². The van der Waals surface area contributed by atoms with Crippen LogP contribution in [0.2, 0.25) is 0 Å². The van der Waals surface area contributed by atoms with Crippen LogP contribution in [0.25, 0.3) is 0 Å². The van der Waals surface area contributed by atoms with E-state index in [9.17, 15) is 24.5 Å². The Hall–Kier alpha value is -2.10. The lowest BCUT2D eigenvalue weighted by Gasteiger charge is -2.26. The number of carbonyl (C=O) groups is 1. The zero-order valence-corrected chi connectivity index (χ0v) is 36.4. The van der Waals surface area contributed by atoms with Gasteiger partial charge in [0.15, 0.2) is 0 Å². The molecule has 10 heteroatoms. The summed E-state index contributed by atoms with van der Waals surface area (Å²) in [6.07, 6.45) is 44.1. The van der Waals surface area contributed by atoms with E-state index in [1.807, 2.05) is 51.5 Å². The van der Waals surface area contributed by atoms with Crippen LogP contribution in [0, 0.1) is 0 Å². The summed E-state index contributed by atoms with van der Waals surface area (Å²) in [5.41, 5.74) is 0. The normalized spacial score (nSPS) is 15.7. The van der Waals surface area contributed by atoms with Crippen molar-refractivity contribution in [3.05, 3.63) is 72.9 Å². The van der Waals surface area contributed by atoms with Gasteiger partial charge in [-0.2, -0.15) is 0 Å². The molecule has 0 aliphatic rings. The predicted octanol–water partition coefficient (Wildman–Crippen LogP) is 10.6. The Balaban J connectivity index is 4.58. The molecule has 318 valence electrons. The Bertz CT molecular complexity index is 1140. The van der Waals surface area contributed by atoms with Crippen LogP contribution in [0.4, 0.5) is 0 Å². The zero-order valence-electron chi connectivity index (χ0n) is 35.5. The van der Waals surface area contributed by atoms with Crippen LogP contribution in [0.5, 0.6) is 0 Å². The quantitative estimate of drug-likeness (QED) is 0.0162. The van der Waals surface area contributed by atoms with Crippen LogP contribution < -0.4 is 5.32 Å². The summed E-state index contributed by atoms with van der Waals surface area (Å²) in [4.78, 5) is 23.1. The van der Waals surface area contributed by atoms with Gasteiger partial charge in [0.1, 0.15) is 13.2 Å². The van der Waals surface area contributed by atoms with E-state index in [0.29, 0.717) is 30.3 Å². The molecule has 1 amide bonds. The van der Waals surface area contributed by atoms with Gasteiger partial charge in [-0.3, -0.25) is 13.8 Å². The van der Waals surface area contributed by atoms with Crippen LogP contribution in [-0.2, 0) is 18.4 Å². The van der Waals surface area contributed by atoms with Crippen molar-refractivity contribution in [1.29, 1.82) is 0 Å². The molecule has 0 saturated carbocycles. The van der Waals surface area contributed by atoms with Crippen molar-refractivity contribution in [2.24, 2.45) is 0 Å². The monoisotopic (exact) mass is 794 g/mol. The largest absolute Gasteiger partial charge is 0.472 e. The Morgan fingerprint density at radius 2 is 1.25 bits per heavy atom. The molecule has 0 aliphatic heterocycles. The lowest BCUT2D eigenvalue weighted by Crippen LogP contribution is -2.46. The minimum absolute atomic E-state index is 0.0502. The first-order chi connectivity index (χ1) is 26.4. The van der Waals surface area contributed by atoms with E-state index in [1.54, 1.807) is 6.08 Å². The zero-order chi connectivity index (χ0) is 40.9. The van der Waals surface area contributed by atoms with E-state index >= 15 is 0 Å². The number of likely N-dealkylation sites (N-methyl/N-ethyl adjacent to an activating group) is 1. The van der Waals surface area contributed by atoms with Gasteiger partial charge in [0.2, 0.25) is 5.91 Å². The first-order valence-electron chi connectivity index (χ1n) is 21.4. The molecular weight excluding hydrogens is 711 g/mol. The van der Waals surface area contributed by atoms with Gasteiger partial charge < -0.3 is 24.9 Å². The van der Waals surface area contributed by atoms with Crippen LogP contribution in [-0.4, -0.2) is 84.6 Å². The first kappa shape index (κ1) is 52.9. The van der Waals surface area contributed by atoms with E-state index in [2.05, 4.69) is 55.6 Å². The third kappa shape index (κ3) is 38.5. The average Bonchev–Trinajstić information content (AvgIpc) is 3.13. The van der Waals surface area contributed by atoms with Crippen molar-refractivity contribution in [3.8, 4) is 0 Å². The fourth-order valence-corrected chi connectivity index (χ4v) is 6.36. The highest BCUT2D eigenvalue weighted by atomic mass is 31.2. The molecule has 0 aromatic carbocycles. The Morgan fingerprint density at radius 1 is 0.709 bits per heavy atom. The highest BCUT2D eigenvalue weighted by Gasteiger charge is 2.28. The maximum Gasteiger partial charge on any atom is 0.472 e. The van der Waals surface area contributed by atoms with Gasteiger partial charge in [-0.25, -0.2) is 4.57 Å². The number of amides is 1. The molecule has 0 radical (unpaired) electrons. The number of hydrogen-bond acceptors (Lipinski definition) is 6. The van der Waals surface area contributed by atoms with Gasteiger partial charge in [-0.05, 0) is 44.9 Å². The summed E-state index contributed by atoms with van der Waals surface area (Å²) in [6, 6.07) is -0.815. The Labute approximate surface area is 336 Å². The standard InChI is InChI=1S/C45H81N2O7P/c1-6-8-10-11-12-13-14-16-20-23-26-29-33-37-44(49)43(41-54-55(51,52)53-40-39-47(3,4)5)46-45(50)38-34-30-27-24-21-18-15-17-19-22-25-28-32-36-42(48)35-31-9-7-2/h9,17-19,21,25,27-28,30-32,36,42-44,48-49H,6-8,10-16,20,22-24,26,29,33-35,37-41H2,1-5H3,(H-,46,50,51,52)/p+1/b19-17-,21-18-,28-25+,30-27-,31-9-,36-32+/t42?,43-,44+/m0/s1. The summed E-state index contributed by atoms with van der Waals surface area (Å²) >= 11 is 0. The third-order valence-electron chi connectivity index (χ3n) is 9.06. The maximum atomic E-state index is 12.8. The predicted molar refractivity (Wildman–Crippen MR) is 232 cm³/mol. The molecule has 55 heavy (non-hydrogen) atoms. The molecule has 0 aromatic rings. The third-order valence-corrected chi connectivity index (χ3v) is 10.0. The highest BCUT2D eigenvalue weighted by Crippen LogP contribution is 2.43. The molecule has 0 aliphatic carbocycles. The van der Waals surface area contributed by atoms with E-state index in [4.69, 9.17) is 9.05 Å². The smallest absolute Gasteiger partial charge is 0.391 e. The number of hydrogen-bond donors (Lipinski definition) is 4. The molecule has 4 N–H and O–H groups in total. The van der Waals surface area contributed by atoms with E-state index in [1.165, 1.54) is 64.2 Å². The van der Waals surface area contributed by atoms with Crippen LogP contribution in [0.3, 0.4) is 0 Å². The summed E-state index contributed by atoms with van der Waals surface area (Å²) < 4.78 is 23.5. The second-order valence-corrected chi connectivity index (χ2v) is 17.0. The second kappa shape index (κ2) is 36.3. The molecule has 9 nitrogen and oxygen atoms in total. The van der Waals surface area contributed by atoms with Gasteiger partial charge in [0.25, 0.3) is 0 Å². The number of allylic oxidation sites excluding steroid dienone is 10. The fourth-order valence-electron chi connectivity index (χ4n) is 5.62. The summed E-state index contributed by atoms with van der Waals surface area (Å²) in [7, 11) is 1.53. The Morgan fingerprint density at radius 3 is 1.82 bits per heavy atom. The van der Waals surface area contributed by atoms with E-state index in [-0.39, 0.29) is 25.5 Å². The molecule has 4 atom stereocenters. The number of rotatable bonds is 37. The summed E-state index contributed by atoms with van der Waals surface area (Å²) in [5, 5.41) is 23.7. The Kier molecular flexibility index (Phi) is 34.9. The molecule has 0 fully saturated rings. The lowest BCUT2D eigenvalue weighted by molar-refractivity contribution is -0.870. The first-order valence-corrected chi connectivity index (χ1v) is 22.9. The maximum absolute atomic E-state index is 12.8. The molecule has 0 spiro atoms. The lowest BCUT2D eigenvalue weighted by atomic mass is 10.0. The fraction of sp³-hybridized carbons (Fsp3) is 0.711. The summed E-state index contributed by atoms with van der Waals surface area (Å²) in [6.45, 7) is 4.59. The SMILES string of the molecule is CC/C=C\CC(O)/C=C/C=C/C/C=C\C/C=C\C/C=C\CCC(=O)N[C@@H](COP(=O)(O)OCC[N+](C)(C)C)[C@H](O)CCCCCCCCCCCCCCC. The van der Waals surface area contributed by atoms with Gasteiger partial charge in [-0.1, -0.05) is 170 Å². The average molecular weight is 794 g/mol. The molecule has 0 bridgehead atoms.